The standard InChI is InChI=1S/C24H19N5O4S3/c1-33-24-19-7-14(9-26-24)20-8-18-22(35-20)21(28-12-27-18)15-5-16(34-11-15)10-25-23(30)13-3-2-4-17(6-13)36(31,32)29-19/h2-9,11-12,18,22,29H,10H2,1H3,(H,25,30). The van der Waals surface area contributed by atoms with Crippen LogP contribution < -0.4 is 14.8 Å². The number of thioether (sulfide) groups is 1. The fraction of sp³-hybridized carbons (Fsp3) is 0.167. The van der Waals surface area contributed by atoms with Crippen LogP contribution in [0.4, 0.5) is 5.69 Å². The normalized spacial score (nSPS) is 21.9. The number of hydrogen-bond acceptors (Lipinski definition) is 9. The van der Waals surface area contributed by atoms with Crippen molar-refractivity contribution in [2.75, 3.05) is 11.8 Å². The average Bonchev–Trinajstić information content (AvgIpc) is 3.54. The minimum atomic E-state index is -4.03. The summed E-state index contributed by atoms with van der Waals surface area (Å²) in [5.41, 5.74) is 3.09. The number of sulfonamides is 1. The predicted molar refractivity (Wildman–Crippen MR) is 142 cm³/mol. The first kappa shape index (κ1) is 23.0. The van der Waals surface area contributed by atoms with Crippen LogP contribution in [0.25, 0.3) is 4.91 Å². The molecule has 1 aromatic carbocycles. The number of ether oxygens (including phenoxy) is 1. The molecule has 2 atom stereocenters. The minimum absolute atomic E-state index is 0.0250. The van der Waals surface area contributed by atoms with E-state index in [0.29, 0.717) is 6.54 Å². The van der Waals surface area contributed by atoms with E-state index in [2.05, 4.69) is 25.0 Å². The third kappa shape index (κ3) is 4.10. The summed E-state index contributed by atoms with van der Waals surface area (Å²) in [5.74, 6) is -0.232. The first-order valence-corrected chi connectivity index (χ1v) is 14.2. The molecule has 182 valence electrons. The van der Waals surface area contributed by atoms with Gasteiger partial charge in [0.25, 0.3) is 15.9 Å². The molecule has 0 fully saturated rings. The Kier molecular flexibility index (Phi) is 5.66. The summed E-state index contributed by atoms with van der Waals surface area (Å²) in [6.07, 6.45) is 5.28. The number of nitrogens with zero attached hydrogens (tertiary/aromatic N) is 3. The maximum Gasteiger partial charge on any atom is 0.262 e. The van der Waals surface area contributed by atoms with E-state index in [0.717, 1.165) is 26.6 Å². The number of nitrogens with one attached hydrogen (secondary N) is 2. The number of fused-ring (bicyclic) bond motifs is 9. The van der Waals surface area contributed by atoms with Crippen LogP contribution >= 0.6 is 23.1 Å². The van der Waals surface area contributed by atoms with Gasteiger partial charge < -0.3 is 10.1 Å². The van der Waals surface area contributed by atoms with E-state index < -0.39 is 10.0 Å². The number of hydrogen-bond donors (Lipinski definition) is 2. The molecule has 2 aromatic heterocycles. The van der Waals surface area contributed by atoms with Gasteiger partial charge in [0.2, 0.25) is 5.88 Å². The molecule has 6 rings (SSSR count). The summed E-state index contributed by atoms with van der Waals surface area (Å²) in [7, 11) is -2.61. The summed E-state index contributed by atoms with van der Waals surface area (Å²) < 4.78 is 34.4. The highest BCUT2D eigenvalue weighted by Crippen LogP contribution is 2.44. The molecule has 1 amide bonds. The zero-order valence-corrected chi connectivity index (χ0v) is 21.3. The lowest BCUT2D eigenvalue weighted by atomic mass is 10.0. The Morgan fingerprint density at radius 1 is 1.14 bits per heavy atom. The predicted octanol–water partition coefficient (Wildman–Crippen LogP) is 3.55. The number of benzene rings is 1. The Bertz CT molecular complexity index is 1590. The molecule has 2 N–H and O–H groups in total. The summed E-state index contributed by atoms with van der Waals surface area (Å²) in [4.78, 5) is 28.1. The number of pyridine rings is 1. The molecule has 0 saturated heterocycles. The average molecular weight is 538 g/mol. The van der Waals surface area contributed by atoms with E-state index in [1.54, 1.807) is 36.4 Å². The van der Waals surface area contributed by atoms with Crippen LogP contribution in [0.15, 0.2) is 68.9 Å². The molecule has 0 aliphatic carbocycles. The molecule has 3 aliphatic rings. The van der Waals surface area contributed by atoms with E-state index in [9.17, 15) is 13.2 Å². The van der Waals surface area contributed by atoms with Gasteiger partial charge in [-0.2, -0.15) is 0 Å². The highest BCUT2D eigenvalue weighted by molar-refractivity contribution is 8.09. The molecule has 0 saturated carbocycles. The summed E-state index contributed by atoms with van der Waals surface area (Å²) in [6, 6.07) is 9.52. The second-order valence-electron chi connectivity index (χ2n) is 8.24. The smallest absolute Gasteiger partial charge is 0.262 e. The second-order valence-corrected chi connectivity index (χ2v) is 12.1. The molecule has 9 nitrogen and oxygen atoms in total. The molecule has 0 radical (unpaired) electrons. The molecule has 3 aromatic rings. The number of carbonyl (C=O) groups is 1. The van der Waals surface area contributed by atoms with Crippen LogP contribution in [0, 0.1) is 0 Å². The van der Waals surface area contributed by atoms with Gasteiger partial charge in [-0.15, -0.1) is 23.1 Å². The topological polar surface area (TPSA) is 122 Å². The zero-order valence-electron chi connectivity index (χ0n) is 18.8. The Balaban J connectivity index is 1.48. The van der Waals surface area contributed by atoms with E-state index in [4.69, 9.17) is 4.74 Å². The van der Waals surface area contributed by atoms with Crippen LogP contribution in [0.2, 0.25) is 0 Å². The van der Waals surface area contributed by atoms with Crippen LogP contribution in [-0.4, -0.2) is 49.8 Å². The van der Waals surface area contributed by atoms with Gasteiger partial charge in [0.15, 0.2) is 0 Å². The third-order valence-corrected chi connectivity index (χ3v) is 9.63. The quantitative estimate of drug-likeness (QED) is 0.490. The van der Waals surface area contributed by atoms with Gasteiger partial charge in [-0.05, 0) is 36.4 Å². The van der Waals surface area contributed by atoms with E-state index in [1.165, 1.54) is 36.6 Å². The van der Waals surface area contributed by atoms with E-state index >= 15 is 0 Å². The molecule has 5 heterocycles. The van der Waals surface area contributed by atoms with Gasteiger partial charge in [-0.3, -0.25) is 14.5 Å². The molecular formula is C24H19N5O4S3. The van der Waals surface area contributed by atoms with Gasteiger partial charge >= 0.3 is 0 Å². The van der Waals surface area contributed by atoms with Crippen molar-refractivity contribution in [1.29, 1.82) is 0 Å². The minimum Gasteiger partial charge on any atom is -0.480 e. The lowest BCUT2D eigenvalue weighted by Crippen LogP contribution is -2.29. The van der Waals surface area contributed by atoms with Crippen LogP contribution in [-0.2, 0) is 16.6 Å². The van der Waals surface area contributed by atoms with Crippen molar-refractivity contribution in [2.24, 2.45) is 9.98 Å². The van der Waals surface area contributed by atoms with Crippen molar-refractivity contribution in [2.45, 2.75) is 22.7 Å². The molecular weight excluding hydrogens is 518 g/mol. The van der Waals surface area contributed by atoms with Crippen LogP contribution in [0.3, 0.4) is 0 Å². The Hall–Kier alpha value is -3.48. The second kappa shape index (κ2) is 8.87. The van der Waals surface area contributed by atoms with E-state index in [1.807, 2.05) is 17.5 Å². The summed E-state index contributed by atoms with van der Waals surface area (Å²) in [6.45, 7) is 0.318. The fourth-order valence-electron chi connectivity index (χ4n) is 4.18. The number of methoxy groups -OCH3 is 1. The molecule has 12 heteroatoms. The van der Waals surface area contributed by atoms with Crippen molar-refractivity contribution in [3.8, 4) is 5.88 Å². The number of aromatic nitrogens is 1. The monoisotopic (exact) mass is 537 g/mol. The van der Waals surface area contributed by atoms with Gasteiger partial charge in [0.05, 0.1) is 35.6 Å². The zero-order chi connectivity index (χ0) is 24.9. The van der Waals surface area contributed by atoms with E-state index in [-0.39, 0.29) is 39.2 Å². The fourth-order valence-corrected chi connectivity index (χ4v) is 7.43. The summed E-state index contributed by atoms with van der Waals surface area (Å²) in [5, 5.41) is 4.88. The Labute approximate surface area is 215 Å². The Morgan fingerprint density at radius 3 is 2.89 bits per heavy atom. The maximum atomic E-state index is 13.3. The number of amides is 1. The molecule has 2 unspecified atom stereocenters. The van der Waals surface area contributed by atoms with Crippen molar-refractivity contribution < 1.29 is 17.9 Å². The SMILES string of the molecule is COc1ncc2cc1NS(=O)(=O)c1cccc(c1)C(=O)NCc1cc(cs1)C1=NC=NC3C=C2SC13. The van der Waals surface area contributed by atoms with Crippen LogP contribution in [0.1, 0.15) is 26.4 Å². The lowest BCUT2D eigenvalue weighted by Gasteiger charge is -2.20. The highest BCUT2D eigenvalue weighted by Gasteiger charge is 2.35. The number of anilines is 1. The maximum absolute atomic E-state index is 13.3. The first-order chi connectivity index (χ1) is 17.4. The molecule has 36 heavy (non-hydrogen) atoms. The number of thiophene rings is 1. The number of carbonyl (C=O) groups excluding carboxylic acids is 1. The molecule has 3 aliphatic heterocycles. The molecule has 0 spiro atoms. The van der Waals surface area contributed by atoms with Crippen molar-refractivity contribution in [1.82, 2.24) is 10.3 Å². The van der Waals surface area contributed by atoms with Gasteiger partial charge in [0.1, 0.15) is 12.0 Å². The largest absolute Gasteiger partial charge is 0.480 e. The van der Waals surface area contributed by atoms with Gasteiger partial charge in [-0.25, -0.2) is 18.4 Å². The van der Waals surface area contributed by atoms with Gasteiger partial charge in [-0.1, -0.05) is 6.07 Å². The number of aliphatic imine (C=N–C) groups is 2. The van der Waals surface area contributed by atoms with Crippen molar-refractivity contribution in [3.05, 3.63) is 75.6 Å². The summed E-state index contributed by atoms with van der Waals surface area (Å²) >= 11 is 3.15. The Morgan fingerprint density at radius 2 is 2.03 bits per heavy atom. The van der Waals surface area contributed by atoms with Gasteiger partial charge in [0, 0.05) is 38.0 Å². The third-order valence-electron chi connectivity index (χ3n) is 5.94. The lowest BCUT2D eigenvalue weighted by molar-refractivity contribution is 0.0951. The highest BCUT2D eigenvalue weighted by atomic mass is 32.2. The van der Waals surface area contributed by atoms with Crippen molar-refractivity contribution >= 4 is 61.7 Å². The molecule has 8 bridgehead atoms. The van der Waals surface area contributed by atoms with Crippen molar-refractivity contribution in [3.63, 3.8) is 0 Å². The van der Waals surface area contributed by atoms with Crippen LogP contribution in [0.5, 0.6) is 5.88 Å². The first-order valence-electron chi connectivity index (χ1n) is 10.9. The number of rotatable bonds is 1.